The summed E-state index contributed by atoms with van der Waals surface area (Å²) in [5.74, 6) is -0.0591. The van der Waals surface area contributed by atoms with Crippen molar-refractivity contribution in [2.45, 2.75) is 13.0 Å². The quantitative estimate of drug-likeness (QED) is 0.776. The van der Waals surface area contributed by atoms with Crippen LogP contribution in [0.4, 0.5) is 4.39 Å². The molecule has 1 atom stereocenters. The summed E-state index contributed by atoms with van der Waals surface area (Å²) in [5, 5.41) is 3.01. The number of rotatable bonds is 5. The van der Waals surface area contributed by atoms with E-state index in [2.05, 4.69) is 5.32 Å². The lowest BCUT2D eigenvalue weighted by Gasteiger charge is -2.15. The van der Waals surface area contributed by atoms with Crippen LogP contribution in [0.15, 0.2) is 18.2 Å². The van der Waals surface area contributed by atoms with E-state index in [1.54, 1.807) is 13.1 Å². The molecule has 0 aliphatic carbocycles. The topological polar surface area (TPSA) is 47.3 Å². The highest BCUT2D eigenvalue weighted by molar-refractivity contribution is 5.31. The van der Waals surface area contributed by atoms with E-state index in [4.69, 9.17) is 10.5 Å². The number of benzene rings is 1. The van der Waals surface area contributed by atoms with E-state index in [9.17, 15) is 4.39 Å². The Morgan fingerprint density at radius 2 is 2.27 bits per heavy atom. The lowest BCUT2D eigenvalue weighted by molar-refractivity contribution is 0.321. The first-order chi connectivity index (χ1) is 7.22. The second kappa shape index (κ2) is 5.68. The van der Waals surface area contributed by atoms with Crippen LogP contribution in [-0.4, -0.2) is 20.2 Å². The number of likely N-dealkylation sites (N-methyl/N-ethyl adjacent to an activating group) is 1. The van der Waals surface area contributed by atoms with Gasteiger partial charge in [-0.3, -0.25) is 0 Å². The van der Waals surface area contributed by atoms with Gasteiger partial charge in [0.2, 0.25) is 0 Å². The molecule has 0 spiro atoms. The van der Waals surface area contributed by atoms with Gasteiger partial charge in [0, 0.05) is 12.6 Å². The molecule has 0 saturated carbocycles. The number of hydrogen-bond donors (Lipinski definition) is 2. The highest BCUT2D eigenvalue weighted by Crippen LogP contribution is 2.21. The molecule has 0 aromatic heterocycles. The molecular formula is C11H17FN2O. The van der Waals surface area contributed by atoms with Crippen LogP contribution >= 0.6 is 0 Å². The molecule has 0 saturated heterocycles. The molecular weight excluding hydrogens is 195 g/mol. The molecule has 84 valence electrons. The normalized spacial score (nSPS) is 12.5. The van der Waals surface area contributed by atoms with Crippen molar-refractivity contribution >= 4 is 0 Å². The van der Waals surface area contributed by atoms with Gasteiger partial charge < -0.3 is 15.8 Å². The van der Waals surface area contributed by atoms with Gasteiger partial charge in [0.25, 0.3) is 0 Å². The standard InChI is InChI=1S/C11H17FN2O/c1-3-15-11-5-4-8(6-9(11)12)10(7-13)14-2/h4-6,10,14H,3,7,13H2,1-2H3. The fraction of sp³-hybridized carbons (Fsp3) is 0.455. The van der Waals surface area contributed by atoms with Gasteiger partial charge in [0.1, 0.15) is 0 Å². The lowest BCUT2D eigenvalue weighted by atomic mass is 10.1. The second-order valence-corrected chi connectivity index (χ2v) is 3.20. The van der Waals surface area contributed by atoms with Crippen molar-refractivity contribution in [1.82, 2.24) is 5.32 Å². The van der Waals surface area contributed by atoms with Crippen LogP contribution in [0.25, 0.3) is 0 Å². The molecule has 3 N–H and O–H groups in total. The third kappa shape index (κ3) is 2.91. The molecule has 0 radical (unpaired) electrons. The molecule has 1 aromatic carbocycles. The third-order valence-electron chi connectivity index (χ3n) is 2.24. The zero-order valence-corrected chi connectivity index (χ0v) is 9.09. The van der Waals surface area contributed by atoms with Crippen molar-refractivity contribution in [3.8, 4) is 5.75 Å². The van der Waals surface area contributed by atoms with E-state index in [0.717, 1.165) is 5.56 Å². The molecule has 0 heterocycles. The predicted octanol–water partition coefficient (Wildman–Crippen LogP) is 1.44. The summed E-state index contributed by atoms with van der Waals surface area (Å²) in [7, 11) is 1.80. The Morgan fingerprint density at radius 3 is 2.73 bits per heavy atom. The molecule has 0 aliphatic rings. The van der Waals surface area contributed by atoms with E-state index in [1.807, 2.05) is 13.0 Å². The number of ether oxygens (including phenoxy) is 1. The maximum atomic E-state index is 13.5. The average Bonchev–Trinajstić information content (AvgIpc) is 2.24. The summed E-state index contributed by atoms with van der Waals surface area (Å²) in [4.78, 5) is 0. The van der Waals surface area contributed by atoms with Crippen LogP contribution in [0.2, 0.25) is 0 Å². The van der Waals surface area contributed by atoms with Gasteiger partial charge >= 0.3 is 0 Å². The highest BCUT2D eigenvalue weighted by Gasteiger charge is 2.10. The fourth-order valence-corrected chi connectivity index (χ4v) is 1.43. The zero-order chi connectivity index (χ0) is 11.3. The van der Waals surface area contributed by atoms with Crippen LogP contribution in [0.5, 0.6) is 5.75 Å². The van der Waals surface area contributed by atoms with E-state index < -0.39 is 0 Å². The van der Waals surface area contributed by atoms with Crippen molar-refractivity contribution in [2.75, 3.05) is 20.2 Å². The Kier molecular flexibility index (Phi) is 4.52. The molecule has 4 heteroatoms. The van der Waals surface area contributed by atoms with Crippen molar-refractivity contribution in [1.29, 1.82) is 0 Å². The highest BCUT2D eigenvalue weighted by atomic mass is 19.1. The van der Waals surface area contributed by atoms with Crippen LogP contribution < -0.4 is 15.8 Å². The summed E-state index contributed by atoms with van der Waals surface area (Å²) >= 11 is 0. The predicted molar refractivity (Wildman–Crippen MR) is 58.4 cm³/mol. The Labute approximate surface area is 89.4 Å². The van der Waals surface area contributed by atoms with Crippen molar-refractivity contribution < 1.29 is 9.13 Å². The molecule has 0 amide bonds. The van der Waals surface area contributed by atoms with Crippen molar-refractivity contribution in [2.24, 2.45) is 5.73 Å². The van der Waals surface area contributed by atoms with Gasteiger partial charge in [-0.25, -0.2) is 4.39 Å². The summed E-state index contributed by atoms with van der Waals surface area (Å²) in [6.07, 6.45) is 0. The molecule has 0 fully saturated rings. The summed E-state index contributed by atoms with van der Waals surface area (Å²) in [6.45, 7) is 2.72. The summed E-state index contributed by atoms with van der Waals surface area (Å²) < 4.78 is 18.6. The Morgan fingerprint density at radius 1 is 1.53 bits per heavy atom. The number of halogens is 1. The van der Waals surface area contributed by atoms with E-state index in [-0.39, 0.29) is 17.6 Å². The number of nitrogens with two attached hydrogens (primary N) is 1. The first-order valence-corrected chi connectivity index (χ1v) is 5.02. The number of hydrogen-bond acceptors (Lipinski definition) is 3. The molecule has 0 aliphatic heterocycles. The maximum absolute atomic E-state index is 13.5. The third-order valence-corrected chi connectivity index (χ3v) is 2.24. The zero-order valence-electron chi connectivity index (χ0n) is 9.09. The van der Waals surface area contributed by atoms with Crippen molar-refractivity contribution in [3.63, 3.8) is 0 Å². The SMILES string of the molecule is CCOc1ccc(C(CN)NC)cc1F. The maximum Gasteiger partial charge on any atom is 0.165 e. The second-order valence-electron chi connectivity index (χ2n) is 3.20. The van der Waals surface area contributed by atoms with Crippen LogP contribution in [0, 0.1) is 5.82 Å². The minimum absolute atomic E-state index is 0.0184. The Balaban J connectivity index is 2.89. The molecule has 0 bridgehead atoms. The van der Waals surface area contributed by atoms with Crippen LogP contribution in [-0.2, 0) is 0 Å². The van der Waals surface area contributed by atoms with Gasteiger partial charge in [0.05, 0.1) is 6.61 Å². The van der Waals surface area contributed by atoms with Crippen LogP contribution in [0.1, 0.15) is 18.5 Å². The fourth-order valence-electron chi connectivity index (χ4n) is 1.43. The first-order valence-electron chi connectivity index (χ1n) is 5.02. The molecule has 1 aromatic rings. The lowest BCUT2D eigenvalue weighted by Crippen LogP contribution is -2.24. The summed E-state index contributed by atoms with van der Waals surface area (Å²) in [6, 6.07) is 4.89. The minimum atomic E-state index is -0.344. The van der Waals surface area contributed by atoms with Gasteiger partial charge in [-0.1, -0.05) is 6.07 Å². The molecule has 1 unspecified atom stereocenters. The smallest absolute Gasteiger partial charge is 0.165 e. The Bertz CT molecular complexity index is 313. The van der Waals surface area contributed by atoms with Gasteiger partial charge in [-0.15, -0.1) is 0 Å². The van der Waals surface area contributed by atoms with Crippen LogP contribution in [0.3, 0.4) is 0 Å². The van der Waals surface area contributed by atoms with Gasteiger partial charge in [0.15, 0.2) is 11.6 Å². The van der Waals surface area contributed by atoms with E-state index in [0.29, 0.717) is 13.2 Å². The molecule has 1 rings (SSSR count). The van der Waals surface area contributed by atoms with E-state index in [1.165, 1.54) is 6.07 Å². The van der Waals surface area contributed by atoms with Gasteiger partial charge in [-0.05, 0) is 31.7 Å². The minimum Gasteiger partial charge on any atom is -0.491 e. The van der Waals surface area contributed by atoms with Gasteiger partial charge in [-0.2, -0.15) is 0 Å². The number of nitrogens with one attached hydrogen (secondary N) is 1. The molecule has 3 nitrogen and oxygen atoms in total. The largest absolute Gasteiger partial charge is 0.491 e. The first kappa shape index (κ1) is 11.9. The van der Waals surface area contributed by atoms with Crippen molar-refractivity contribution in [3.05, 3.63) is 29.6 Å². The monoisotopic (exact) mass is 212 g/mol. The Hall–Kier alpha value is -1.13. The summed E-state index contributed by atoms with van der Waals surface area (Å²) in [5.41, 5.74) is 6.38. The average molecular weight is 212 g/mol. The molecule has 15 heavy (non-hydrogen) atoms. The van der Waals surface area contributed by atoms with E-state index >= 15 is 0 Å².